The summed E-state index contributed by atoms with van der Waals surface area (Å²) in [6.07, 6.45) is 0.509. The topological polar surface area (TPSA) is 70.0 Å². The van der Waals surface area contributed by atoms with E-state index in [1.54, 1.807) is 0 Å². The molecule has 2 atom stereocenters. The molecule has 0 unspecified atom stereocenters. The van der Waals surface area contributed by atoms with Crippen molar-refractivity contribution in [3.05, 3.63) is 64.7 Å². The highest BCUT2D eigenvalue weighted by molar-refractivity contribution is 5.37. The van der Waals surface area contributed by atoms with Crippen LogP contribution >= 0.6 is 0 Å². The van der Waals surface area contributed by atoms with Gasteiger partial charge in [0, 0.05) is 36.9 Å². The van der Waals surface area contributed by atoms with Crippen LogP contribution in [0.15, 0.2) is 36.4 Å². The van der Waals surface area contributed by atoms with Crippen molar-refractivity contribution in [1.82, 2.24) is 24.9 Å². The molecular formula is C21H27N5O. The van der Waals surface area contributed by atoms with E-state index in [4.69, 9.17) is 0 Å². The zero-order chi connectivity index (χ0) is 19.0. The predicted molar refractivity (Wildman–Crippen MR) is 105 cm³/mol. The fourth-order valence-corrected chi connectivity index (χ4v) is 4.05. The monoisotopic (exact) mass is 365 g/mol. The van der Waals surface area contributed by atoms with Gasteiger partial charge in [0.1, 0.15) is 0 Å². The summed E-state index contributed by atoms with van der Waals surface area (Å²) in [6, 6.07) is 12.7. The van der Waals surface area contributed by atoms with Crippen LogP contribution in [0.2, 0.25) is 0 Å². The Bertz CT molecular complexity index is 928. The maximum atomic E-state index is 10.5. The van der Waals surface area contributed by atoms with Gasteiger partial charge in [-0.2, -0.15) is 10.2 Å². The molecule has 1 aliphatic heterocycles. The van der Waals surface area contributed by atoms with E-state index in [0.717, 1.165) is 48.0 Å². The van der Waals surface area contributed by atoms with Crippen LogP contribution in [0.1, 0.15) is 28.3 Å². The van der Waals surface area contributed by atoms with Crippen LogP contribution in [0.5, 0.6) is 0 Å². The number of hydrogen-bond acceptors (Lipinski definition) is 4. The van der Waals surface area contributed by atoms with Crippen LogP contribution in [0.25, 0.3) is 5.69 Å². The fraction of sp³-hybridized carbons (Fsp3) is 0.429. The molecule has 0 spiro atoms. The fourth-order valence-electron chi connectivity index (χ4n) is 4.05. The minimum atomic E-state index is -0.304. The number of H-pyrrole nitrogens is 1. The number of β-amino-alcohol motifs (C(OH)–C–C–N with tert-alkyl or cyclic N) is 1. The van der Waals surface area contributed by atoms with Crippen LogP contribution in [0.3, 0.4) is 0 Å². The van der Waals surface area contributed by atoms with Gasteiger partial charge in [-0.3, -0.25) is 10.00 Å². The standard InChI is InChI=1S/C21H27N5O/c1-14-8-19(23-22-14)10-18-12-25(13-21(18)27)11-17-5-4-6-20(9-17)26-16(3)7-15(2)24-26/h4-9,18,21,27H,10-13H2,1-3H3,(H,22,23)/t18-,21-/m1/s1. The van der Waals surface area contributed by atoms with Crippen molar-refractivity contribution in [2.75, 3.05) is 13.1 Å². The van der Waals surface area contributed by atoms with Gasteiger partial charge >= 0.3 is 0 Å². The molecule has 0 bridgehead atoms. The molecule has 1 fully saturated rings. The molecule has 0 saturated carbocycles. The Labute approximate surface area is 159 Å². The van der Waals surface area contributed by atoms with Gasteiger partial charge in [-0.1, -0.05) is 12.1 Å². The number of hydrogen-bond donors (Lipinski definition) is 2. The number of nitrogens with zero attached hydrogens (tertiary/aromatic N) is 4. The van der Waals surface area contributed by atoms with Crippen molar-refractivity contribution >= 4 is 0 Å². The second-order valence-electron chi connectivity index (χ2n) is 7.78. The number of likely N-dealkylation sites (tertiary alicyclic amines) is 1. The number of nitrogens with one attached hydrogen (secondary N) is 1. The summed E-state index contributed by atoms with van der Waals surface area (Å²) in [7, 11) is 0. The smallest absolute Gasteiger partial charge is 0.0711 e. The first-order valence-electron chi connectivity index (χ1n) is 9.52. The van der Waals surface area contributed by atoms with Crippen LogP contribution < -0.4 is 0 Å². The summed E-state index contributed by atoms with van der Waals surface area (Å²) >= 11 is 0. The predicted octanol–water partition coefficient (Wildman–Crippen LogP) is 2.56. The number of rotatable bonds is 5. The zero-order valence-corrected chi connectivity index (χ0v) is 16.2. The minimum absolute atomic E-state index is 0.229. The third kappa shape index (κ3) is 3.96. The quantitative estimate of drug-likeness (QED) is 0.729. The van der Waals surface area contributed by atoms with Gasteiger partial charge in [-0.05, 0) is 57.0 Å². The van der Waals surface area contributed by atoms with Crippen molar-refractivity contribution in [3.8, 4) is 5.69 Å². The zero-order valence-electron chi connectivity index (χ0n) is 16.2. The van der Waals surface area contributed by atoms with E-state index in [0.29, 0.717) is 6.54 Å². The number of aromatic amines is 1. The Hall–Kier alpha value is -2.44. The normalized spacial score (nSPS) is 20.4. The first-order chi connectivity index (χ1) is 13.0. The molecule has 1 aromatic carbocycles. The SMILES string of the molecule is Cc1cc(C)n(-c2cccc(CN3C[C@@H](Cc4cc(C)[nH]n4)[C@H](O)C3)c2)n1. The van der Waals surface area contributed by atoms with E-state index in [-0.39, 0.29) is 12.0 Å². The number of aliphatic hydroxyl groups excluding tert-OH is 1. The van der Waals surface area contributed by atoms with E-state index in [9.17, 15) is 5.11 Å². The molecule has 27 heavy (non-hydrogen) atoms. The first-order valence-corrected chi connectivity index (χ1v) is 9.52. The average molecular weight is 365 g/mol. The van der Waals surface area contributed by atoms with Crippen molar-refractivity contribution in [1.29, 1.82) is 0 Å². The second-order valence-corrected chi connectivity index (χ2v) is 7.78. The first kappa shape index (κ1) is 17.9. The third-order valence-corrected chi connectivity index (χ3v) is 5.28. The molecule has 6 heteroatoms. The van der Waals surface area contributed by atoms with Gasteiger partial charge in [0.2, 0.25) is 0 Å². The van der Waals surface area contributed by atoms with E-state index in [1.807, 2.05) is 18.5 Å². The van der Waals surface area contributed by atoms with E-state index >= 15 is 0 Å². The molecule has 2 N–H and O–H groups in total. The lowest BCUT2D eigenvalue weighted by Crippen LogP contribution is -2.21. The largest absolute Gasteiger partial charge is 0.391 e. The van der Waals surface area contributed by atoms with Crippen LogP contribution in [-0.2, 0) is 13.0 Å². The second kappa shape index (κ2) is 7.29. The molecule has 3 aromatic rings. The number of benzene rings is 1. The maximum Gasteiger partial charge on any atom is 0.0711 e. The highest BCUT2D eigenvalue weighted by atomic mass is 16.3. The summed E-state index contributed by atoms with van der Waals surface area (Å²) in [5.74, 6) is 0.229. The Morgan fingerprint density at radius 2 is 2.00 bits per heavy atom. The average Bonchev–Trinajstić information content (AvgIpc) is 3.28. The Balaban J connectivity index is 1.44. The molecule has 4 rings (SSSR count). The highest BCUT2D eigenvalue weighted by Gasteiger charge is 2.31. The van der Waals surface area contributed by atoms with Crippen LogP contribution in [0, 0.1) is 26.7 Å². The number of aliphatic hydroxyl groups is 1. The van der Waals surface area contributed by atoms with Crippen molar-refractivity contribution in [3.63, 3.8) is 0 Å². The summed E-state index contributed by atoms with van der Waals surface area (Å²) in [5, 5.41) is 22.4. The molecule has 0 aliphatic carbocycles. The molecule has 2 aromatic heterocycles. The molecule has 1 aliphatic rings. The van der Waals surface area contributed by atoms with Gasteiger partial charge in [0.05, 0.1) is 23.2 Å². The summed E-state index contributed by atoms with van der Waals surface area (Å²) < 4.78 is 1.99. The lowest BCUT2D eigenvalue weighted by molar-refractivity contribution is 0.140. The van der Waals surface area contributed by atoms with Gasteiger partial charge in [-0.25, -0.2) is 4.68 Å². The molecule has 142 valence electrons. The lowest BCUT2D eigenvalue weighted by Gasteiger charge is -2.16. The van der Waals surface area contributed by atoms with Crippen molar-refractivity contribution < 1.29 is 5.11 Å². The van der Waals surface area contributed by atoms with Gasteiger partial charge in [0.25, 0.3) is 0 Å². The van der Waals surface area contributed by atoms with Gasteiger partial charge < -0.3 is 5.11 Å². The van der Waals surface area contributed by atoms with Crippen LogP contribution in [0.4, 0.5) is 0 Å². The summed E-state index contributed by atoms with van der Waals surface area (Å²) in [4.78, 5) is 2.33. The van der Waals surface area contributed by atoms with Crippen molar-refractivity contribution in [2.45, 2.75) is 39.8 Å². The van der Waals surface area contributed by atoms with Gasteiger partial charge in [0.15, 0.2) is 0 Å². The minimum Gasteiger partial charge on any atom is -0.391 e. The van der Waals surface area contributed by atoms with Gasteiger partial charge in [-0.15, -0.1) is 0 Å². The van der Waals surface area contributed by atoms with Crippen LogP contribution in [-0.4, -0.2) is 49.2 Å². The lowest BCUT2D eigenvalue weighted by atomic mass is 10.0. The van der Waals surface area contributed by atoms with Crippen molar-refractivity contribution in [2.24, 2.45) is 5.92 Å². The molecule has 0 radical (unpaired) electrons. The summed E-state index contributed by atoms with van der Waals surface area (Å²) in [6.45, 7) is 8.52. The van der Waals surface area contributed by atoms with E-state index < -0.39 is 0 Å². The third-order valence-electron chi connectivity index (χ3n) is 5.28. The number of aryl methyl sites for hydroxylation is 3. The molecule has 1 saturated heterocycles. The Kier molecular flexibility index (Phi) is 4.85. The number of aromatic nitrogens is 4. The molecule has 0 amide bonds. The Morgan fingerprint density at radius 3 is 2.70 bits per heavy atom. The summed E-state index contributed by atoms with van der Waals surface area (Å²) in [5.41, 5.74) is 6.58. The van der Waals surface area contributed by atoms with E-state index in [1.165, 1.54) is 5.56 Å². The highest BCUT2D eigenvalue weighted by Crippen LogP contribution is 2.23. The molecule has 3 heterocycles. The molecule has 6 nitrogen and oxygen atoms in total. The maximum absolute atomic E-state index is 10.5. The van der Waals surface area contributed by atoms with E-state index in [2.05, 4.69) is 63.5 Å². The molecular weight excluding hydrogens is 338 g/mol. The Morgan fingerprint density at radius 1 is 1.15 bits per heavy atom.